The van der Waals surface area contributed by atoms with Gasteiger partial charge in [-0.05, 0) is 33.6 Å². The number of rotatable bonds is 3. The predicted molar refractivity (Wildman–Crippen MR) is 60.0 cm³/mol. The lowest BCUT2D eigenvalue weighted by atomic mass is 10.0. The highest BCUT2D eigenvalue weighted by molar-refractivity contribution is 9.10. The van der Waals surface area contributed by atoms with Crippen LogP contribution < -0.4 is 0 Å². The summed E-state index contributed by atoms with van der Waals surface area (Å²) in [4.78, 5) is 2.24. The van der Waals surface area contributed by atoms with Crippen LogP contribution in [-0.2, 0) is 6.54 Å². The Morgan fingerprint density at radius 3 is 2.80 bits per heavy atom. The van der Waals surface area contributed by atoms with E-state index in [1.165, 1.54) is 6.07 Å². The Balaban J connectivity index is 1.92. The summed E-state index contributed by atoms with van der Waals surface area (Å²) in [7, 11) is 0. The number of hydrogen-bond acceptors (Lipinski definition) is 2. The van der Waals surface area contributed by atoms with Crippen molar-refractivity contribution in [1.29, 1.82) is 0 Å². The van der Waals surface area contributed by atoms with E-state index in [0.29, 0.717) is 10.4 Å². The molecule has 0 spiro atoms. The number of aliphatic hydroxyl groups is 1. The van der Waals surface area contributed by atoms with Gasteiger partial charge in [-0.1, -0.05) is 6.07 Å². The second-order valence-electron chi connectivity index (χ2n) is 3.99. The van der Waals surface area contributed by atoms with Crippen LogP contribution in [0.2, 0.25) is 0 Å². The zero-order valence-corrected chi connectivity index (χ0v) is 9.87. The molecular weight excluding hydrogens is 261 g/mol. The summed E-state index contributed by atoms with van der Waals surface area (Å²) >= 11 is 3.17. The second-order valence-corrected chi connectivity index (χ2v) is 4.85. The normalized spacial score (nSPS) is 17.8. The summed E-state index contributed by atoms with van der Waals surface area (Å²) in [6.45, 7) is 2.97. The van der Waals surface area contributed by atoms with E-state index < -0.39 is 0 Å². The third-order valence-electron chi connectivity index (χ3n) is 2.68. The first-order valence-electron chi connectivity index (χ1n) is 4.96. The van der Waals surface area contributed by atoms with E-state index >= 15 is 0 Å². The topological polar surface area (TPSA) is 23.5 Å². The van der Waals surface area contributed by atoms with Crippen LogP contribution in [0.4, 0.5) is 4.39 Å². The van der Waals surface area contributed by atoms with Gasteiger partial charge in [0, 0.05) is 32.2 Å². The summed E-state index contributed by atoms with van der Waals surface area (Å²) in [6.07, 6.45) is 0. The fourth-order valence-electron chi connectivity index (χ4n) is 1.82. The van der Waals surface area contributed by atoms with E-state index in [1.807, 2.05) is 6.07 Å². The molecular formula is C11H13BrFNO. The van der Waals surface area contributed by atoms with E-state index in [1.54, 1.807) is 6.07 Å². The molecule has 0 amide bonds. The largest absolute Gasteiger partial charge is 0.396 e. The van der Waals surface area contributed by atoms with E-state index in [-0.39, 0.29) is 12.4 Å². The minimum Gasteiger partial charge on any atom is -0.396 e. The van der Waals surface area contributed by atoms with E-state index in [4.69, 9.17) is 5.11 Å². The highest BCUT2D eigenvalue weighted by atomic mass is 79.9. The molecule has 0 unspecified atom stereocenters. The molecule has 2 nitrogen and oxygen atoms in total. The Morgan fingerprint density at radius 2 is 2.20 bits per heavy atom. The molecule has 2 rings (SSSR count). The van der Waals surface area contributed by atoms with Gasteiger partial charge in [-0.25, -0.2) is 4.39 Å². The molecule has 82 valence electrons. The van der Waals surface area contributed by atoms with Crippen LogP contribution in [0.15, 0.2) is 22.7 Å². The molecule has 0 saturated carbocycles. The standard InChI is InChI=1S/C11H13BrFNO/c12-10-3-8(1-2-11(10)13)4-14-5-9(6-14)7-15/h1-3,9,15H,4-7H2. The van der Waals surface area contributed by atoms with Gasteiger partial charge >= 0.3 is 0 Å². The van der Waals surface area contributed by atoms with Crippen molar-refractivity contribution in [2.75, 3.05) is 19.7 Å². The molecule has 1 aromatic carbocycles. The lowest BCUT2D eigenvalue weighted by molar-refractivity contribution is 0.0479. The van der Waals surface area contributed by atoms with Gasteiger partial charge in [0.15, 0.2) is 0 Å². The Hall–Kier alpha value is -0.450. The number of likely N-dealkylation sites (tertiary alicyclic amines) is 1. The predicted octanol–water partition coefficient (Wildman–Crippen LogP) is 2.01. The molecule has 4 heteroatoms. The van der Waals surface area contributed by atoms with Gasteiger partial charge in [0.2, 0.25) is 0 Å². The van der Waals surface area contributed by atoms with Crippen molar-refractivity contribution < 1.29 is 9.50 Å². The molecule has 0 aromatic heterocycles. The van der Waals surface area contributed by atoms with Crippen molar-refractivity contribution in [2.24, 2.45) is 5.92 Å². The summed E-state index contributed by atoms with van der Waals surface area (Å²) in [6, 6.07) is 5.08. The van der Waals surface area contributed by atoms with Crippen LogP contribution in [0.3, 0.4) is 0 Å². The van der Waals surface area contributed by atoms with Gasteiger partial charge < -0.3 is 5.11 Å². The second kappa shape index (κ2) is 4.60. The molecule has 0 aliphatic carbocycles. The Morgan fingerprint density at radius 1 is 1.47 bits per heavy atom. The first-order chi connectivity index (χ1) is 7.19. The van der Waals surface area contributed by atoms with Crippen molar-refractivity contribution in [3.8, 4) is 0 Å². The van der Waals surface area contributed by atoms with Gasteiger partial charge in [0.1, 0.15) is 5.82 Å². The zero-order valence-electron chi connectivity index (χ0n) is 8.29. The van der Waals surface area contributed by atoms with Gasteiger partial charge in [-0.15, -0.1) is 0 Å². The first kappa shape index (κ1) is 11.0. The Bertz CT molecular complexity index is 352. The highest BCUT2D eigenvalue weighted by Gasteiger charge is 2.25. The minimum absolute atomic E-state index is 0.226. The third-order valence-corrected chi connectivity index (χ3v) is 3.29. The summed E-state index contributed by atoms with van der Waals surface area (Å²) in [5, 5.41) is 8.87. The van der Waals surface area contributed by atoms with E-state index in [9.17, 15) is 4.39 Å². The first-order valence-corrected chi connectivity index (χ1v) is 5.75. The van der Waals surface area contributed by atoms with Crippen molar-refractivity contribution in [3.63, 3.8) is 0 Å². The molecule has 1 saturated heterocycles. The van der Waals surface area contributed by atoms with Crippen LogP contribution in [0, 0.1) is 11.7 Å². The summed E-state index contributed by atoms with van der Waals surface area (Å²) < 4.78 is 13.5. The molecule has 1 heterocycles. The highest BCUT2D eigenvalue weighted by Crippen LogP contribution is 2.21. The quantitative estimate of drug-likeness (QED) is 0.911. The molecule has 1 aliphatic heterocycles. The van der Waals surface area contributed by atoms with Crippen molar-refractivity contribution >= 4 is 15.9 Å². The maximum absolute atomic E-state index is 13.0. The number of nitrogens with zero attached hydrogens (tertiary/aromatic N) is 1. The van der Waals surface area contributed by atoms with Crippen LogP contribution in [-0.4, -0.2) is 29.7 Å². The van der Waals surface area contributed by atoms with E-state index in [2.05, 4.69) is 20.8 Å². The van der Waals surface area contributed by atoms with Gasteiger partial charge in [0.05, 0.1) is 4.47 Å². The van der Waals surface area contributed by atoms with Crippen molar-refractivity contribution in [3.05, 3.63) is 34.1 Å². The molecule has 0 radical (unpaired) electrons. The monoisotopic (exact) mass is 273 g/mol. The summed E-state index contributed by atoms with van der Waals surface area (Å²) in [5.41, 5.74) is 1.10. The minimum atomic E-state index is -0.226. The number of benzene rings is 1. The van der Waals surface area contributed by atoms with Gasteiger partial charge in [-0.2, -0.15) is 0 Å². The van der Waals surface area contributed by atoms with Crippen molar-refractivity contribution in [1.82, 2.24) is 4.90 Å². The number of aliphatic hydroxyl groups excluding tert-OH is 1. The Labute approximate surface area is 96.8 Å². The zero-order chi connectivity index (χ0) is 10.8. The lowest BCUT2D eigenvalue weighted by Crippen LogP contribution is -2.47. The van der Waals surface area contributed by atoms with Crippen LogP contribution in [0.1, 0.15) is 5.56 Å². The molecule has 0 atom stereocenters. The van der Waals surface area contributed by atoms with E-state index in [0.717, 1.165) is 25.2 Å². The van der Waals surface area contributed by atoms with Crippen LogP contribution in [0.25, 0.3) is 0 Å². The SMILES string of the molecule is OCC1CN(Cc2ccc(F)c(Br)c2)C1. The third kappa shape index (κ3) is 2.56. The molecule has 1 N–H and O–H groups in total. The van der Waals surface area contributed by atoms with Gasteiger partial charge in [-0.3, -0.25) is 4.90 Å². The maximum atomic E-state index is 13.0. The fourth-order valence-corrected chi connectivity index (χ4v) is 2.24. The molecule has 1 aliphatic rings. The van der Waals surface area contributed by atoms with Gasteiger partial charge in [0.25, 0.3) is 0 Å². The molecule has 1 aromatic rings. The number of hydrogen-bond donors (Lipinski definition) is 1. The average molecular weight is 274 g/mol. The fraction of sp³-hybridized carbons (Fsp3) is 0.455. The Kier molecular flexibility index (Phi) is 3.38. The summed E-state index contributed by atoms with van der Waals surface area (Å²) in [5.74, 6) is 0.199. The maximum Gasteiger partial charge on any atom is 0.137 e. The molecule has 15 heavy (non-hydrogen) atoms. The average Bonchev–Trinajstić information content (AvgIpc) is 2.16. The van der Waals surface area contributed by atoms with Crippen LogP contribution in [0.5, 0.6) is 0 Å². The smallest absolute Gasteiger partial charge is 0.137 e. The lowest BCUT2D eigenvalue weighted by Gasteiger charge is -2.38. The molecule has 0 bridgehead atoms. The van der Waals surface area contributed by atoms with Crippen LogP contribution >= 0.6 is 15.9 Å². The van der Waals surface area contributed by atoms with Crippen molar-refractivity contribution in [2.45, 2.75) is 6.54 Å². The molecule has 1 fully saturated rings. The number of halogens is 2.